The second-order valence-corrected chi connectivity index (χ2v) is 13.1. The Morgan fingerprint density at radius 3 is 2.49 bits per heavy atom. The molecule has 1 aromatic heterocycles. The van der Waals surface area contributed by atoms with Gasteiger partial charge in [-0.3, -0.25) is 34.2 Å². The van der Waals surface area contributed by atoms with Gasteiger partial charge in [0.25, 0.3) is 17.7 Å². The van der Waals surface area contributed by atoms with E-state index in [0.29, 0.717) is 37.0 Å². The van der Waals surface area contributed by atoms with Gasteiger partial charge in [0.15, 0.2) is 0 Å². The van der Waals surface area contributed by atoms with Crippen molar-refractivity contribution in [3.8, 4) is 0 Å². The Bertz CT molecular complexity index is 2230. The Morgan fingerprint density at radius 1 is 0.964 bits per heavy atom. The van der Waals surface area contributed by atoms with Crippen LogP contribution in [0.1, 0.15) is 61.5 Å². The molecule has 5 N–H and O–H groups in total. The molecule has 18 heteroatoms. The molecule has 0 radical (unpaired) electrons. The first-order chi connectivity index (χ1) is 26.3. The lowest BCUT2D eigenvalue weighted by Crippen LogP contribution is -2.54. The number of nitrogens with one attached hydrogen (secondary N) is 5. The molecule has 55 heavy (non-hydrogen) atoms. The van der Waals surface area contributed by atoms with Gasteiger partial charge in [0, 0.05) is 62.3 Å². The lowest BCUT2D eigenvalue weighted by molar-refractivity contribution is -0.138. The van der Waals surface area contributed by atoms with Crippen LogP contribution in [0.2, 0.25) is 0 Å². The molecule has 3 aliphatic heterocycles. The summed E-state index contributed by atoms with van der Waals surface area (Å²) in [5, 5.41) is 13.3. The highest BCUT2D eigenvalue weighted by atomic mass is 19.4. The molecule has 2 atom stereocenters. The summed E-state index contributed by atoms with van der Waals surface area (Å²) in [6.45, 7) is 1.30. The zero-order valence-corrected chi connectivity index (χ0v) is 29.1. The van der Waals surface area contributed by atoms with Gasteiger partial charge in [-0.25, -0.2) is 9.37 Å². The van der Waals surface area contributed by atoms with Crippen molar-refractivity contribution >= 4 is 58.4 Å². The number of aromatic nitrogens is 2. The molecule has 4 heterocycles. The van der Waals surface area contributed by atoms with Gasteiger partial charge in [0.2, 0.25) is 17.8 Å². The van der Waals surface area contributed by atoms with Crippen LogP contribution < -0.4 is 31.5 Å². The quantitative estimate of drug-likeness (QED) is 0.115. The zero-order valence-electron chi connectivity index (χ0n) is 29.1. The average Bonchev–Trinajstić information content (AvgIpc) is 3.72. The summed E-state index contributed by atoms with van der Waals surface area (Å²) < 4.78 is 56.9. The highest BCUT2D eigenvalue weighted by Crippen LogP contribution is 2.36. The molecule has 5 amide bonds. The van der Waals surface area contributed by atoms with E-state index in [1.54, 1.807) is 30.3 Å². The summed E-state index contributed by atoms with van der Waals surface area (Å²) in [5.41, 5.74) is 0.606. The van der Waals surface area contributed by atoms with Crippen LogP contribution >= 0.6 is 0 Å². The number of halogens is 4. The highest BCUT2D eigenvalue weighted by molar-refractivity contribution is 6.23. The molecule has 0 saturated carbocycles. The fourth-order valence-corrected chi connectivity index (χ4v) is 6.77. The Hall–Kier alpha value is -6.43. The van der Waals surface area contributed by atoms with E-state index in [9.17, 15) is 37.1 Å². The van der Waals surface area contributed by atoms with Gasteiger partial charge in [0.1, 0.15) is 23.2 Å². The van der Waals surface area contributed by atoms with Crippen LogP contribution in [0.3, 0.4) is 0 Å². The van der Waals surface area contributed by atoms with Crippen molar-refractivity contribution in [3.63, 3.8) is 0 Å². The van der Waals surface area contributed by atoms with E-state index in [1.165, 1.54) is 37.4 Å². The molecule has 14 nitrogen and oxygen atoms in total. The summed E-state index contributed by atoms with van der Waals surface area (Å²) in [4.78, 5) is 73.3. The lowest BCUT2D eigenvalue weighted by Gasteiger charge is -2.27. The smallest absolute Gasteiger partial charge is 0.370 e. The fraction of sp³-hybridized carbons (Fsp3) is 0.270. The standard InChI is InChI=1S/C37H33F4N9O5/c1-42-32(52)24-4-2-3-5-28(24)46-31-26(37(39,40)41)17-44-36(48-31)45-20-7-6-19(27(38)14-20)16-43-21-12-13-49(18-21)22-8-9-23-25(15-22)35(55)50(34(23)54)29-10-11-30(51)47-33(29)53/h2-9,14-15,17,21,29,43H,10-13,16,18H2,1H3,(H,42,52)(H,47,51,53)(H2,44,45,46,48)/t21-,29?/m0/s1. The molecule has 7 rings (SSSR count). The Morgan fingerprint density at radius 2 is 1.75 bits per heavy atom. The van der Waals surface area contributed by atoms with Crippen LogP contribution in [0.15, 0.2) is 66.9 Å². The second-order valence-electron chi connectivity index (χ2n) is 13.1. The van der Waals surface area contributed by atoms with Crippen molar-refractivity contribution in [2.75, 3.05) is 35.7 Å². The predicted molar refractivity (Wildman–Crippen MR) is 190 cm³/mol. The summed E-state index contributed by atoms with van der Waals surface area (Å²) in [6, 6.07) is 14.0. The van der Waals surface area contributed by atoms with Gasteiger partial charge in [-0.15, -0.1) is 0 Å². The third-order valence-corrected chi connectivity index (χ3v) is 9.61. The minimum atomic E-state index is -4.82. The SMILES string of the molecule is CNC(=O)c1ccccc1Nc1nc(Nc2ccc(CN[C@H]3CCN(c4ccc5c(c4)C(=O)N(C4CCC(=O)NC4=O)C5=O)C3)c(F)c2)ncc1C(F)(F)F. The van der Waals surface area contributed by atoms with Crippen LogP contribution in [0.5, 0.6) is 0 Å². The molecule has 0 spiro atoms. The van der Waals surface area contributed by atoms with Gasteiger partial charge in [0.05, 0.1) is 22.4 Å². The summed E-state index contributed by atoms with van der Waals surface area (Å²) in [5.74, 6) is -4.26. The molecule has 2 fully saturated rings. The number of anilines is 5. The minimum absolute atomic E-state index is 0.0258. The van der Waals surface area contributed by atoms with Gasteiger partial charge in [-0.1, -0.05) is 18.2 Å². The summed E-state index contributed by atoms with van der Waals surface area (Å²) in [6.07, 6.45) is -3.44. The predicted octanol–water partition coefficient (Wildman–Crippen LogP) is 4.25. The molecule has 0 bridgehead atoms. The van der Waals surface area contributed by atoms with Gasteiger partial charge in [-0.2, -0.15) is 18.2 Å². The van der Waals surface area contributed by atoms with E-state index in [-0.39, 0.29) is 59.4 Å². The van der Waals surface area contributed by atoms with E-state index in [0.717, 1.165) is 4.90 Å². The third kappa shape index (κ3) is 7.53. The maximum Gasteiger partial charge on any atom is 0.421 e. The minimum Gasteiger partial charge on any atom is -0.370 e. The molecule has 284 valence electrons. The van der Waals surface area contributed by atoms with Crippen molar-refractivity contribution < 1.29 is 41.5 Å². The Kier molecular flexibility index (Phi) is 9.91. The molecular weight excluding hydrogens is 726 g/mol. The molecule has 1 unspecified atom stereocenters. The Labute approximate surface area is 310 Å². The molecule has 0 aliphatic carbocycles. The largest absolute Gasteiger partial charge is 0.421 e. The molecule has 3 aliphatic rings. The van der Waals surface area contributed by atoms with Crippen molar-refractivity contribution in [2.24, 2.45) is 0 Å². The van der Waals surface area contributed by atoms with Crippen LogP contribution in [-0.2, 0) is 22.3 Å². The van der Waals surface area contributed by atoms with E-state index < -0.39 is 59.0 Å². The molecule has 2 saturated heterocycles. The Balaban J connectivity index is 0.980. The first kappa shape index (κ1) is 36.9. The number of para-hydroxylation sites is 1. The van der Waals surface area contributed by atoms with E-state index in [1.807, 2.05) is 4.90 Å². The number of benzene rings is 3. The second kappa shape index (κ2) is 14.8. The molecule has 4 aromatic rings. The maximum atomic E-state index is 15.3. The number of alkyl halides is 3. The monoisotopic (exact) mass is 759 g/mol. The van der Waals surface area contributed by atoms with Crippen molar-refractivity contribution in [2.45, 2.75) is 44.1 Å². The molecular formula is C37H33F4N9O5. The van der Waals surface area contributed by atoms with E-state index >= 15 is 4.39 Å². The number of imide groups is 2. The number of nitrogens with zero attached hydrogens (tertiary/aromatic N) is 4. The fourth-order valence-electron chi connectivity index (χ4n) is 6.77. The zero-order chi connectivity index (χ0) is 39.0. The lowest BCUT2D eigenvalue weighted by atomic mass is 10.0. The number of rotatable bonds is 10. The number of hydrogen-bond donors (Lipinski definition) is 5. The van der Waals surface area contributed by atoms with Gasteiger partial charge in [-0.05, 0) is 55.3 Å². The number of hydrogen-bond acceptors (Lipinski definition) is 11. The first-order valence-corrected chi connectivity index (χ1v) is 17.2. The van der Waals surface area contributed by atoms with Crippen LogP contribution in [0.25, 0.3) is 0 Å². The highest BCUT2D eigenvalue weighted by Gasteiger charge is 2.45. The van der Waals surface area contributed by atoms with Crippen molar-refractivity contribution in [1.29, 1.82) is 0 Å². The number of carbonyl (C=O) groups excluding carboxylic acids is 5. The van der Waals surface area contributed by atoms with Crippen LogP contribution in [0.4, 0.5) is 46.4 Å². The topological polar surface area (TPSA) is 178 Å². The van der Waals surface area contributed by atoms with Crippen LogP contribution in [0, 0.1) is 5.82 Å². The first-order valence-electron chi connectivity index (χ1n) is 17.2. The maximum absolute atomic E-state index is 15.3. The normalized spacial score (nSPS) is 18.3. The number of amides is 5. The number of piperidine rings is 1. The average molecular weight is 760 g/mol. The summed E-state index contributed by atoms with van der Waals surface area (Å²) in [7, 11) is 1.39. The summed E-state index contributed by atoms with van der Waals surface area (Å²) >= 11 is 0. The van der Waals surface area contributed by atoms with Crippen LogP contribution in [-0.4, -0.2) is 76.6 Å². The van der Waals surface area contributed by atoms with Crippen molar-refractivity contribution in [1.82, 2.24) is 30.8 Å². The third-order valence-electron chi connectivity index (χ3n) is 9.61. The van der Waals surface area contributed by atoms with Gasteiger partial charge < -0.3 is 26.2 Å². The van der Waals surface area contributed by atoms with E-state index in [2.05, 4.69) is 36.6 Å². The number of fused-ring (bicyclic) bond motifs is 1. The molecule has 3 aromatic carbocycles. The van der Waals surface area contributed by atoms with Gasteiger partial charge >= 0.3 is 6.18 Å². The van der Waals surface area contributed by atoms with Crippen molar-refractivity contribution in [3.05, 3.63) is 100 Å². The number of carbonyl (C=O) groups is 5. The van der Waals surface area contributed by atoms with E-state index in [4.69, 9.17) is 0 Å².